The summed E-state index contributed by atoms with van der Waals surface area (Å²) >= 11 is 0. The Hall–Kier alpha value is -2.49. The number of benzene rings is 1. The Kier molecular flexibility index (Phi) is 4.60. The first kappa shape index (κ1) is 13.9. The van der Waals surface area contributed by atoms with Crippen molar-refractivity contribution >= 4 is 11.8 Å². The molecule has 0 aliphatic carbocycles. The van der Waals surface area contributed by atoms with Gasteiger partial charge in [-0.15, -0.1) is 0 Å². The molecule has 0 spiro atoms. The quantitative estimate of drug-likeness (QED) is 0.618. The number of ketones is 1. The van der Waals surface area contributed by atoms with Crippen molar-refractivity contribution in [3.63, 3.8) is 0 Å². The zero-order valence-electron chi connectivity index (χ0n) is 11.2. The van der Waals surface area contributed by atoms with Crippen LogP contribution in [0.2, 0.25) is 0 Å². The normalized spacial score (nSPS) is 10.1. The van der Waals surface area contributed by atoms with Gasteiger partial charge in [-0.25, -0.2) is 4.79 Å². The van der Waals surface area contributed by atoms with Crippen molar-refractivity contribution in [2.75, 3.05) is 7.11 Å². The van der Waals surface area contributed by atoms with Gasteiger partial charge >= 0.3 is 5.97 Å². The van der Waals surface area contributed by atoms with E-state index in [2.05, 4.69) is 9.72 Å². The number of rotatable bonds is 5. The van der Waals surface area contributed by atoms with Crippen LogP contribution in [-0.4, -0.2) is 23.8 Å². The minimum absolute atomic E-state index is 0.0837. The molecule has 2 aromatic rings. The average Bonchev–Trinajstić information content (AvgIpc) is 2.53. The van der Waals surface area contributed by atoms with Crippen molar-refractivity contribution in [3.8, 4) is 0 Å². The van der Waals surface area contributed by atoms with Gasteiger partial charge in [-0.3, -0.25) is 9.78 Å². The van der Waals surface area contributed by atoms with Gasteiger partial charge in [0, 0.05) is 12.6 Å². The summed E-state index contributed by atoms with van der Waals surface area (Å²) < 4.78 is 4.62. The number of hydrogen-bond acceptors (Lipinski definition) is 4. The minimum Gasteiger partial charge on any atom is -0.465 e. The molecule has 0 saturated heterocycles. The lowest BCUT2D eigenvalue weighted by Crippen LogP contribution is -2.07. The summed E-state index contributed by atoms with van der Waals surface area (Å²) in [5.74, 6) is -0.552. The Labute approximate surface area is 117 Å². The Morgan fingerprint density at radius 3 is 2.60 bits per heavy atom. The summed E-state index contributed by atoms with van der Waals surface area (Å²) in [4.78, 5) is 27.5. The highest BCUT2D eigenvalue weighted by Crippen LogP contribution is 2.09. The smallest absolute Gasteiger partial charge is 0.337 e. The first-order chi connectivity index (χ1) is 9.70. The van der Waals surface area contributed by atoms with Gasteiger partial charge in [0.15, 0.2) is 5.78 Å². The number of carbonyl (C=O) groups excluding carboxylic acids is 2. The number of aromatic nitrogens is 1. The molecule has 1 aromatic heterocycles. The number of esters is 1. The first-order valence-corrected chi connectivity index (χ1v) is 6.32. The number of hydrogen-bond donors (Lipinski definition) is 0. The molecule has 0 unspecified atom stereocenters. The summed E-state index contributed by atoms with van der Waals surface area (Å²) in [7, 11) is 1.31. The maximum atomic E-state index is 12.1. The van der Waals surface area contributed by atoms with E-state index in [-0.39, 0.29) is 5.78 Å². The number of nitrogens with zero attached hydrogens (tertiary/aromatic N) is 1. The molecule has 0 saturated carbocycles. The molecule has 0 N–H and O–H groups in total. The highest BCUT2D eigenvalue weighted by molar-refractivity contribution is 5.97. The first-order valence-electron chi connectivity index (χ1n) is 6.32. The molecule has 0 radical (unpaired) electrons. The Bertz CT molecular complexity index is 608. The van der Waals surface area contributed by atoms with Crippen LogP contribution in [0.1, 0.15) is 32.8 Å². The van der Waals surface area contributed by atoms with Gasteiger partial charge in [-0.05, 0) is 24.1 Å². The van der Waals surface area contributed by atoms with Gasteiger partial charge in [0.1, 0.15) is 5.69 Å². The van der Waals surface area contributed by atoms with Crippen molar-refractivity contribution in [1.82, 2.24) is 4.98 Å². The second-order valence-corrected chi connectivity index (χ2v) is 4.33. The highest BCUT2D eigenvalue weighted by Gasteiger charge is 2.12. The molecular weight excluding hydrogens is 254 g/mol. The van der Waals surface area contributed by atoms with Gasteiger partial charge in [0.25, 0.3) is 0 Å². The molecule has 102 valence electrons. The standard InChI is InChI=1S/C16H15NO3/c1-20-16(19)13-9-10-17-14(11-13)15(18)8-7-12-5-3-2-4-6-12/h2-6,9-11H,7-8H2,1H3. The van der Waals surface area contributed by atoms with E-state index in [4.69, 9.17) is 0 Å². The fourth-order valence-corrected chi connectivity index (χ4v) is 1.86. The fraction of sp³-hybridized carbons (Fsp3) is 0.188. The number of ether oxygens (including phenoxy) is 1. The van der Waals surface area contributed by atoms with Gasteiger partial charge in [-0.1, -0.05) is 30.3 Å². The largest absolute Gasteiger partial charge is 0.465 e. The van der Waals surface area contributed by atoms with Gasteiger partial charge in [0.05, 0.1) is 12.7 Å². The molecule has 20 heavy (non-hydrogen) atoms. The lowest BCUT2D eigenvalue weighted by molar-refractivity contribution is 0.0600. The molecular formula is C16H15NO3. The monoisotopic (exact) mass is 269 g/mol. The third-order valence-corrected chi connectivity index (χ3v) is 2.95. The van der Waals surface area contributed by atoms with Crippen molar-refractivity contribution in [2.24, 2.45) is 0 Å². The average molecular weight is 269 g/mol. The molecule has 0 bridgehead atoms. The van der Waals surface area contributed by atoms with Crippen LogP contribution in [0.5, 0.6) is 0 Å². The molecule has 1 heterocycles. The molecule has 0 aliphatic heterocycles. The van der Waals surface area contributed by atoms with Crippen LogP contribution in [-0.2, 0) is 11.2 Å². The van der Waals surface area contributed by atoms with E-state index in [9.17, 15) is 9.59 Å². The topological polar surface area (TPSA) is 56.3 Å². The number of carbonyl (C=O) groups is 2. The van der Waals surface area contributed by atoms with Crippen LogP contribution in [0.4, 0.5) is 0 Å². The maximum Gasteiger partial charge on any atom is 0.337 e. The number of Topliss-reactive ketones (excluding diaryl/α,β-unsaturated/α-hetero) is 1. The summed E-state index contributed by atoms with van der Waals surface area (Å²) in [6.45, 7) is 0. The van der Waals surface area contributed by atoms with Gasteiger partial charge < -0.3 is 4.74 Å². The fourth-order valence-electron chi connectivity index (χ4n) is 1.86. The lowest BCUT2D eigenvalue weighted by atomic mass is 10.1. The molecule has 0 fully saturated rings. The second kappa shape index (κ2) is 6.61. The van der Waals surface area contributed by atoms with E-state index < -0.39 is 5.97 Å². The number of methoxy groups -OCH3 is 1. The van der Waals surface area contributed by atoms with Crippen LogP contribution >= 0.6 is 0 Å². The van der Waals surface area contributed by atoms with Crippen LogP contribution in [0, 0.1) is 0 Å². The van der Waals surface area contributed by atoms with Crippen molar-refractivity contribution in [3.05, 3.63) is 65.5 Å². The molecule has 2 rings (SSSR count). The number of aryl methyl sites for hydroxylation is 1. The third kappa shape index (κ3) is 3.51. The number of pyridine rings is 1. The van der Waals surface area contributed by atoms with Crippen LogP contribution < -0.4 is 0 Å². The molecule has 0 aliphatic rings. The van der Waals surface area contributed by atoms with Crippen molar-refractivity contribution in [2.45, 2.75) is 12.8 Å². The van der Waals surface area contributed by atoms with Gasteiger partial charge in [0.2, 0.25) is 0 Å². The van der Waals surface area contributed by atoms with E-state index >= 15 is 0 Å². The van der Waals surface area contributed by atoms with Crippen LogP contribution in [0.25, 0.3) is 0 Å². The van der Waals surface area contributed by atoms with E-state index in [0.717, 1.165) is 5.56 Å². The zero-order valence-corrected chi connectivity index (χ0v) is 11.2. The molecule has 1 aromatic carbocycles. The molecule has 0 amide bonds. The van der Waals surface area contributed by atoms with E-state index in [0.29, 0.717) is 24.1 Å². The summed E-state index contributed by atoms with van der Waals surface area (Å²) in [5.41, 5.74) is 1.74. The minimum atomic E-state index is -0.468. The molecule has 4 nitrogen and oxygen atoms in total. The third-order valence-electron chi connectivity index (χ3n) is 2.95. The summed E-state index contributed by atoms with van der Waals surface area (Å²) in [5, 5.41) is 0. The van der Waals surface area contributed by atoms with Crippen molar-refractivity contribution in [1.29, 1.82) is 0 Å². The molecule has 0 atom stereocenters. The van der Waals surface area contributed by atoms with E-state index in [1.54, 1.807) is 0 Å². The van der Waals surface area contributed by atoms with Crippen molar-refractivity contribution < 1.29 is 14.3 Å². The van der Waals surface area contributed by atoms with Crippen LogP contribution in [0.15, 0.2) is 48.7 Å². The highest BCUT2D eigenvalue weighted by atomic mass is 16.5. The predicted molar refractivity (Wildman–Crippen MR) is 74.7 cm³/mol. The summed E-state index contributed by atoms with van der Waals surface area (Å²) in [6, 6.07) is 12.8. The van der Waals surface area contributed by atoms with E-state index in [1.807, 2.05) is 30.3 Å². The lowest BCUT2D eigenvalue weighted by Gasteiger charge is -2.03. The predicted octanol–water partition coefficient (Wildman–Crippen LogP) is 2.68. The Morgan fingerprint density at radius 1 is 1.15 bits per heavy atom. The maximum absolute atomic E-state index is 12.1. The Balaban J connectivity index is 2.04. The van der Waals surface area contributed by atoms with Crippen LogP contribution in [0.3, 0.4) is 0 Å². The van der Waals surface area contributed by atoms with Gasteiger partial charge in [-0.2, -0.15) is 0 Å². The molecule has 4 heteroatoms. The summed E-state index contributed by atoms with van der Waals surface area (Å²) in [6.07, 6.45) is 2.47. The Morgan fingerprint density at radius 2 is 1.90 bits per heavy atom. The SMILES string of the molecule is COC(=O)c1ccnc(C(=O)CCc2ccccc2)c1. The van der Waals surface area contributed by atoms with E-state index in [1.165, 1.54) is 25.4 Å². The zero-order chi connectivity index (χ0) is 14.4. The second-order valence-electron chi connectivity index (χ2n) is 4.33.